The van der Waals surface area contributed by atoms with Gasteiger partial charge in [-0.15, -0.1) is 0 Å². The largest absolute Gasteiger partial charge is 0.493 e. The number of nitro groups is 1. The van der Waals surface area contributed by atoms with Crippen LogP contribution in [0.15, 0.2) is 47.4 Å². The van der Waals surface area contributed by atoms with E-state index in [-0.39, 0.29) is 15.6 Å². The van der Waals surface area contributed by atoms with Gasteiger partial charge in [0, 0.05) is 17.7 Å². The standard InChI is InChI=1S/C21H18N4O7S2/c1-31-15-7-6-12(8-16(15)32-2)9-17-20(28)24(21(33)34-17)11-18(26)22-23-19(27)13-4-3-5-14(10-13)25(29)30/h3-10H,11H2,1-2H3,(H,22,26)(H,23,27). The fraction of sp³-hybridized carbons (Fsp3) is 0.143. The van der Waals surface area contributed by atoms with Crippen LogP contribution in [0.2, 0.25) is 0 Å². The van der Waals surface area contributed by atoms with Gasteiger partial charge in [0.1, 0.15) is 10.9 Å². The Morgan fingerprint density at radius 3 is 2.56 bits per heavy atom. The molecule has 1 fully saturated rings. The van der Waals surface area contributed by atoms with Gasteiger partial charge >= 0.3 is 0 Å². The highest BCUT2D eigenvalue weighted by Crippen LogP contribution is 2.34. The molecule has 1 aliphatic rings. The second-order valence-corrected chi connectivity index (χ2v) is 8.37. The van der Waals surface area contributed by atoms with E-state index in [9.17, 15) is 24.5 Å². The van der Waals surface area contributed by atoms with E-state index in [1.54, 1.807) is 24.3 Å². The summed E-state index contributed by atoms with van der Waals surface area (Å²) in [5.74, 6) is -0.898. The lowest BCUT2D eigenvalue weighted by Crippen LogP contribution is -2.47. The fourth-order valence-electron chi connectivity index (χ4n) is 2.87. The van der Waals surface area contributed by atoms with Crippen molar-refractivity contribution in [2.24, 2.45) is 0 Å². The number of non-ortho nitro benzene ring substituents is 1. The molecular formula is C21H18N4O7S2. The Hall–Kier alpha value is -3.97. The van der Waals surface area contributed by atoms with Gasteiger partial charge < -0.3 is 9.47 Å². The first-order valence-corrected chi connectivity index (χ1v) is 10.8. The number of benzene rings is 2. The van der Waals surface area contributed by atoms with Crippen molar-refractivity contribution < 1.29 is 28.8 Å². The Kier molecular flexibility index (Phi) is 7.81. The molecule has 1 saturated heterocycles. The predicted molar refractivity (Wildman–Crippen MR) is 128 cm³/mol. The summed E-state index contributed by atoms with van der Waals surface area (Å²) >= 11 is 6.25. The molecule has 34 heavy (non-hydrogen) atoms. The van der Waals surface area contributed by atoms with Crippen molar-refractivity contribution in [3.8, 4) is 11.5 Å². The second kappa shape index (κ2) is 10.8. The third-order valence-electron chi connectivity index (χ3n) is 4.52. The lowest BCUT2D eigenvalue weighted by atomic mass is 10.2. The van der Waals surface area contributed by atoms with Crippen molar-refractivity contribution in [1.82, 2.24) is 15.8 Å². The van der Waals surface area contributed by atoms with Crippen LogP contribution in [0, 0.1) is 10.1 Å². The minimum Gasteiger partial charge on any atom is -0.493 e. The second-order valence-electron chi connectivity index (χ2n) is 6.69. The summed E-state index contributed by atoms with van der Waals surface area (Å²) in [4.78, 5) is 48.8. The van der Waals surface area contributed by atoms with Gasteiger partial charge in [0.15, 0.2) is 11.5 Å². The number of nitrogens with one attached hydrogen (secondary N) is 2. The van der Waals surface area contributed by atoms with E-state index < -0.39 is 29.2 Å². The lowest BCUT2D eigenvalue weighted by molar-refractivity contribution is -0.384. The van der Waals surface area contributed by atoms with Gasteiger partial charge in [-0.05, 0) is 29.8 Å². The molecule has 2 aromatic rings. The molecule has 1 aliphatic heterocycles. The Morgan fingerprint density at radius 2 is 1.88 bits per heavy atom. The number of hydrazine groups is 1. The van der Waals surface area contributed by atoms with Gasteiger partial charge in [-0.3, -0.25) is 40.2 Å². The van der Waals surface area contributed by atoms with E-state index in [0.717, 1.165) is 22.7 Å². The highest BCUT2D eigenvalue weighted by molar-refractivity contribution is 8.26. The third kappa shape index (κ3) is 5.68. The van der Waals surface area contributed by atoms with E-state index in [1.165, 1.54) is 32.4 Å². The topological polar surface area (TPSA) is 140 Å². The fourth-order valence-corrected chi connectivity index (χ4v) is 4.13. The molecule has 0 radical (unpaired) electrons. The van der Waals surface area contributed by atoms with Crippen LogP contribution in [0.3, 0.4) is 0 Å². The quantitative estimate of drug-likeness (QED) is 0.252. The molecule has 0 aromatic heterocycles. The van der Waals surface area contributed by atoms with Crippen LogP contribution < -0.4 is 20.3 Å². The molecule has 0 bridgehead atoms. The Morgan fingerprint density at radius 1 is 1.15 bits per heavy atom. The summed E-state index contributed by atoms with van der Waals surface area (Å²) in [7, 11) is 3.01. The average Bonchev–Trinajstić information content (AvgIpc) is 3.09. The number of methoxy groups -OCH3 is 2. The summed E-state index contributed by atoms with van der Waals surface area (Å²) < 4.78 is 10.6. The van der Waals surface area contributed by atoms with E-state index in [2.05, 4.69) is 10.9 Å². The smallest absolute Gasteiger partial charge is 0.270 e. The molecule has 1 heterocycles. The number of rotatable bonds is 7. The Labute approximate surface area is 203 Å². The molecular weight excluding hydrogens is 484 g/mol. The SMILES string of the molecule is COc1ccc(C=C2SC(=S)N(CC(=O)NNC(=O)c3cccc([N+](=O)[O-])c3)C2=O)cc1OC. The Balaban J connectivity index is 1.62. The number of hydrogen-bond acceptors (Lipinski definition) is 9. The highest BCUT2D eigenvalue weighted by atomic mass is 32.2. The maximum atomic E-state index is 12.8. The number of thiocarbonyl (C=S) groups is 1. The van der Waals surface area contributed by atoms with E-state index in [1.807, 2.05) is 0 Å². The maximum absolute atomic E-state index is 12.8. The van der Waals surface area contributed by atoms with Crippen LogP contribution in [0.5, 0.6) is 11.5 Å². The van der Waals surface area contributed by atoms with Crippen LogP contribution in [0.25, 0.3) is 6.08 Å². The van der Waals surface area contributed by atoms with Crippen LogP contribution in [-0.4, -0.2) is 52.6 Å². The third-order valence-corrected chi connectivity index (χ3v) is 5.89. The first-order valence-electron chi connectivity index (χ1n) is 9.54. The first kappa shape index (κ1) is 24.7. The monoisotopic (exact) mass is 502 g/mol. The van der Waals surface area contributed by atoms with Crippen LogP contribution in [0.4, 0.5) is 5.69 Å². The van der Waals surface area contributed by atoms with E-state index in [0.29, 0.717) is 22.0 Å². The molecule has 13 heteroatoms. The average molecular weight is 503 g/mol. The van der Waals surface area contributed by atoms with Crippen molar-refractivity contribution >= 4 is 57.8 Å². The molecule has 3 amide bonds. The molecule has 0 saturated carbocycles. The van der Waals surface area contributed by atoms with Gasteiger partial charge in [0.25, 0.3) is 23.4 Å². The van der Waals surface area contributed by atoms with E-state index >= 15 is 0 Å². The minimum atomic E-state index is -0.754. The molecule has 3 rings (SSSR count). The molecule has 2 N–H and O–H groups in total. The van der Waals surface area contributed by atoms with Gasteiger partial charge in [-0.25, -0.2) is 0 Å². The number of ether oxygens (including phenoxy) is 2. The van der Waals surface area contributed by atoms with Crippen LogP contribution in [-0.2, 0) is 9.59 Å². The minimum absolute atomic E-state index is 0.0158. The number of nitrogens with zero attached hydrogens (tertiary/aromatic N) is 2. The van der Waals surface area contributed by atoms with Crippen molar-refractivity contribution in [3.05, 3.63) is 68.6 Å². The van der Waals surface area contributed by atoms with Crippen LogP contribution in [0.1, 0.15) is 15.9 Å². The van der Waals surface area contributed by atoms with Crippen molar-refractivity contribution in [1.29, 1.82) is 0 Å². The van der Waals surface area contributed by atoms with E-state index in [4.69, 9.17) is 21.7 Å². The number of amides is 3. The van der Waals surface area contributed by atoms with Crippen LogP contribution >= 0.6 is 24.0 Å². The molecule has 0 aliphatic carbocycles. The Bertz CT molecular complexity index is 1220. The normalized spacial score (nSPS) is 14.2. The molecule has 0 atom stereocenters. The number of thioether (sulfide) groups is 1. The molecule has 2 aromatic carbocycles. The summed E-state index contributed by atoms with van der Waals surface area (Å²) in [6.07, 6.45) is 1.61. The molecule has 0 spiro atoms. The highest BCUT2D eigenvalue weighted by Gasteiger charge is 2.33. The summed E-state index contributed by atoms with van der Waals surface area (Å²) in [6.45, 7) is -0.427. The number of carbonyl (C=O) groups excluding carboxylic acids is 3. The maximum Gasteiger partial charge on any atom is 0.270 e. The summed E-state index contributed by atoms with van der Waals surface area (Å²) in [5, 5.41) is 10.8. The van der Waals surface area contributed by atoms with Crippen molar-refractivity contribution in [2.75, 3.05) is 20.8 Å². The number of hydrogen-bond donors (Lipinski definition) is 2. The molecule has 176 valence electrons. The van der Waals surface area contributed by atoms with Gasteiger partial charge in [-0.2, -0.15) is 0 Å². The molecule has 11 nitrogen and oxygen atoms in total. The lowest BCUT2D eigenvalue weighted by Gasteiger charge is -2.14. The summed E-state index contributed by atoms with van der Waals surface area (Å²) in [5.41, 5.74) is 4.71. The molecule has 0 unspecified atom stereocenters. The van der Waals surface area contributed by atoms with Crippen molar-refractivity contribution in [2.45, 2.75) is 0 Å². The van der Waals surface area contributed by atoms with Gasteiger partial charge in [0.2, 0.25) is 0 Å². The zero-order chi connectivity index (χ0) is 24.8. The first-order chi connectivity index (χ1) is 16.2. The number of nitro benzene ring substituents is 1. The predicted octanol–water partition coefficient (Wildman–Crippen LogP) is 2.27. The zero-order valence-electron chi connectivity index (χ0n) is 17.9. The van der Waals surface area contributed by atoms with Gasteiger partial charge in [-0.1, -0.05) is 36.1 Å². The van der Waals surface area contributed by atoms with Gasteiger partial charge in [0.05, 0.1) is 24.0 Å². The number of carbonyl (C=O) groups is 3. The van der Waals surface area contributed by atoms with Crippen molar-refractivity contribution in [3.63, 3.8) is 0 Å². The summed E-state index contributed by atoms with van der Waals surface area (Å²) in [6, 6.07) is 10.1. The zero-order valence-corrected chi connectivity index (χ0v) is 19.5.